The third-order valence-electron chi connectivity index (χ3n) is 2.67. The molecule has 1 aromatic carbocycles. The van der Waals surface area contributed by atoms with Gasteiger partial charge in [0, 0.05) is 0 Å². The van der Waals surface area contributed by atoms with Crippen LogP contribution in [0.15, 0.2) is 30.3 Å². The number of para-hydroxylation sites is 1. The van der Waals surface area contributed by atoms with E-state index in [0.717, 1.165) is 0 Å². The molecule has 0 aromatic heterocycles. The molecule has 0 bridgehead atoms. The maximum Gasteiger partial charge on any atom is 0.115 e. The van der Waals surface area contributed by atoms with Crippen LogP contribution in [-0.4, -0.2) is 5.11 Å². The second-order valence-corrected chi connectivity index (χ2v) is 4.21. The van der Waals surface area contributed by atoms with Crippen molar-refractivity contribution in [3.05, 3.63) is 30.3 Å². The first-order valence-corrected chi connectivity index (χ1v) is 5.26. The zero-order valence-corrected chi connectivity index (χ0v) is 9.75. The molecule has 0 radical (unpaired) electrons. The van der Waals surface area contributed by atoms with E-state index in [-0.39, 0.29) is 0 Å². The Morgan fingerprint density at radius 1 is 1.00 bits per heavy atom. The van der Waals surface area contributed by atoms with Crippen LogP contribution >= 0.6 is 0 Å². The fourth-order valence-corrected chi connectivity index (χ4v) is 0.678. The van der Waals surface area contributed by atoms with E-state index in [1.165, 1.54) is 12.8 Å². The van der Waals surface area contributed by atoms with Crippen molar-refractivity contribution in [2.24, 2.45) is 5.41 Å². The Labute approximate surface area is 87.8 Å². The maximum atomic E-state index is 8.63. The number of hydrogen-bond acceptors (Lipinski definition) is 1. The quantitative estimate of drug-likeness (QED) is 0.747. The van der Waals surface area contributed by atoms with Gasteiger partial charge in [-0.2, -0.15) is 0 Å². The number of benzene rings is 1. The van der Waals surface area contributed by atoms with Crippen LogP contribution < -0.4 is 0 Å². The summed E-state index contributed by atoms with van der Waals surface area (Å²) in [6.45, 7) is 9.08. The molecule has 0 fully saturated rings. The minimum absolute atomic E-state index is 0.322. The van der Waals surface area contributed by atoms with Crippen molar-refractivity contribution in [3.63, 3.8) is 0 Å². The molecule has 0 aliphatic rings. The number of rotatable bonds is 2. The van der Waals surface area contributed by atoms with Crippen LogP contribution in [0.25, 0.3) is 0 Å². The molecule has 0 aliphatic carbocycles. The highest BCUT2D eigenvalue weighted by Gasteiger charge is 2.09. The van der Waals surface area contributed by atoms with Crippen LogP contribution in [0.4, 0.5) is 0 Å². The molecule has 0 amide bonds. The highest BCUT2D eigenvalue weighted by Crippen LogP contribution is 2.22. The van der Waals surface area contributed by atoms with E-state index >= 15 is 0 Å². The zero-order valence-electron chi connectivity index (χ0n) is 9.75. The topological polar surface area (TPSA) is 20.2 Å². The van der Waals surface area contributed by atoms with Crippen molar-refractivity contribution < 1.29 is 5.11 Å². The van der Waals surface area contributed by atoms with Crippen LogP contribution in [-0.2, 0) is 0 Å². The molecular weight excluding hydrogens is 172 g/mol. The van der Waals surface area contributed by atoms with E-state index in [2.05, 4.69) is 27.7 Å². The third kappa shape index (κ3) is 6.53. The van der Waals surface area contributed by atoms with Gasteiger partial charge in [0.1, 0.15) is 5.75 Å². The van der Waals surface area contributed by atoms with Gasteiger partial charge in [-0.1, -0.05) is 58.7 Å². The lowest BCUT2D eigenvalue weighted by Gasteiger charge is -2.18. The van der Waals surface area contributed by atoms with Crippen molar-refractivity contribution in [1.29, 1.82) is 0 Å². The van der Waals surface area contributed by atoms with Crippen molar-refractivity contribution in [3.8, 4) is 5.75 Å². The second kappa shape index (κ2) is 6.47. The van der Waals surface area contributed by atoms with Crippen LogP contribution in [0.2, 0.25) is 0 Å². The van der Waals surface area contributed by atoms with E-state index in [1.54, 1.807) is 24.3 Å². The highest BCUT2D eigenvalue weighted by atomic mass is 16.3. The number of phenolic OH excluding ortho intramolecular Hbond substituents is 1. The molecule has 1 aromatic rings. The summed E-state index contributed by atoms with van der Waals surface area (Å²) in [6.07, 6.45) is 2.59. The summed E-state index contributed by atoms with van der Waals surface area (Å²) in [4.78, 5) is 0. The zero-order chi connectivity index (χ0) is 11.0. The first-order valence-electron chi connectivity index (χ1n) is 5.26. The molecular formula is C13H22O. The van der Waals surface area contributed by atoms with Gasteiger partial charge < -0.3 is 5.11 Å². The average Bonchev–Trinajstić information content (AvgIpc) is 2.20. The van der Waals surface area contributed by atoms with E-state index in [9.17, 15) is 0 Å². The smallest absolute Gasteiger partial charge is 0.115 e. The summed E-state index contributed by atoms with van der Waals surface area (Å²) in [7, 11) is 0. The van der Waals surface area contributed by atoms with Gasteiger partial charge in [-0.25, -0.2) is 0 Å². The van der Waals surface area contributed by atoms with E-state index in [1.807, 2.05) is 6.07 Å². The first kappa shape index (κ1) is 13.0. The van der Waals surface area contributed by atoms with Gasteiger partial charge in [0.15, 0.2) is 0 Å². The number of phenols is 1. The molecule has 0 heterocycles. The molecule has 0 spiro atoms. The summed E-state index contributed by atoms with van der Waals surface area (Å²) in [5.41, 5.74) is 0.583. The Balaban J connectivity index is 0.000000241. The molecule has 1 nitrogen and oxygen atoms in total. The average molecular weight is 194 g/mol. The van der Waals surface area contributed by atoms with Gasteiger partial charge in [0.25, 0.3) is 0 Å². The van der Waals surface area contributed by atoms with Gasteiger partial charge in [0.2, 0.25) is 0 Å². The van der Waals surface area contributed by atoms with Gasteiger partial charge in [-0.15, -0.1) is 0 Å². The lowest BCUT2D eigenvalue weighted by molar-refractivity contribution is 0.338. The highest BCUT2D eigenvalue weighted by molar-refractivity contribution is 5.18. The van der Waals surface area contributed by atoms with Gasteiger partial charge in [0.05, 0.1) is 0 Å². The minimum Gasteiger partial charge on any atom is -0.508 e. The Bertz CT molecular complexity index is 220. The summed E-state index contributed by atoms with van der Waals surface area (Å²) in [5.74, 6) is 0.322. The van der Waals surface area contributed by atoms with Crippen molar-refractivity contribution in [2.75, 3.05) is 0 Å². The van der Waals surface area contributed by atoms with E-state index < -0.39 is 0 Å². The van der Waals surface area contributed by atoms with E-state index in [0.29, 0.717) is 11.2 Å². The van der Waals surface area contributed by atoms with Crippen LogP contribution in [0.3, 0.4) is 0 Å². The fourth-order valence-electron chi connectivity index (χ4n) is 0.678. The molecule has 1 N–H and O–H groups in total. The summed E-state index contributed by atoms with van der Waals surface area (Å²) >= 11 is 0. The monoisotopic (exact) mass is 194 g/mol. The summed E-state index contributed by atoms with van der Waals surface area (Å²) < 4.78 is 0. The number of aromatic hydroxyl groups is 1. The fraction of sp³-hybridized carbons (Fsp3) is 0.538. The molecule has 0 unspecified atom stereocenters. The Hall–Kier alpha value is -0.980. The summed E-state index contributed by atoms with van der Waals surface area (Å²) in [5, 5.41) is 8.63. The molecule has 80 valence electrons. The molecule has 14 heavy (non-hydrogen) atoms. The lowest BCUT2D eigenvalue weighted by atomic mass is 9.88. The first-order chi connectivity index (χ1) is 6.52. The third-order valence-corrected chi connectivity index (χ3v) is 2.67. The van der Waals surface area contributed by atoms with Crippen molar-refractivity contribution in [1.82, 2.24) is 0 Å². The van der Waals surface area contributed by atoms with Gasteiger partial charge in [-0.05, 0) is 17.5 Å². The lowest BCUT2D eigenvalue weighted by Crippen LogP contribution is -2.05. The Morgan fingerprint density at radius 3 is 1.57 bits per heavy atom. The van der Waals surface area contributed by atoms with Gasteiger partial charge >= 0.3 is 0 Å². The molecule has 0 aliphatic heterocycles. The normalized spacial score (nSPS) is 10.3. The molecule has 0 atom stereocenters. The largest absolute Gasteiger partial charge is 0.508 e. The van der Waals surface area contributed by atoms with Crippen LogP contribution in [0, 0.1) is 5.41 Å². The van der Waals surface area contributed by atoms with Crippen molar-refractivity contribution in [2.45, 2.75) is 40.5 Å². The molecule has 1 rings (SSSR count). The molecule has 0 saturated heterocycles. The number of hydrogen-bond donors (Lipinski definition) is 1. The molecule has 1 heteroatoms. The summed E-state index contributed by atoms with van der Waals surface area (Å²) in [6, 6.07) is 8.71. The minimum atomic E-state index is 0.322. The maximum absolute atomic E-state index is 8.63. The van der Waals surface area contributed by atoms with Crippen molar-refractivity contribution >= 4 is 0 Å². The van der Waals surface area contributed by atoms with Crippen LogP contribution in [0.1, 0.15) is 40.5 Å². The van der Waals surface area contributed by atoms with Gasteiger partial charge in [-0.3, -0.25) is 0 Å². The second-order valence-electron chi connectivity index (χ2n) is 4.21. The van der Waals surface area contributed by atoms with Crippen LogP contribution in [0.5, 0.6) is 5.75 Å². The Morgan fingerprint density at radius 2 is 1.43 bits per heavy atom. The standard InChI is InChI=1S/C7H16.C6H6O/c1-5-7(3,4)6-2;7-6-4-2-1-3-5-6/h5-6H2,1-4H3;1-5,7H. The Kier molecular flexibility index (Phi) is 6.02. The predicted octanol–water partition coefficient (Wildman–Crippen LogP) is 4.22. The molecule has 0 saturated carbocycles. The predicted molar refractivity (Wildman–Crippen MR) is 62.5 cm³/mol. The van der Waals surface area contributed by atoms with E-state index in [4.69, 9.17) is 5.11 Å². The SMILES string of the molecule is CCC(C)(C)CC.Oc1ccccc1.